The molecule has 1 aromatic carbocycles. The Bertz CT molecular complexity index is 393. The molecule has 0 aliphatic heterocycles. The predicted molar refractivity (Wildman–Crippen MR) is 85.8 cm³/mol. The third-order valence-corrected chi connectivity index (χ3v) is 4.52. The van der Waals surface area contributed by atoms with Gasteiger partial charge in [-0.3, -0.25) is 0 Å². The molecule has 0 unspecified atom stereocenters. The molecule has 0 radical (unpaired) electrons. The average molecular weight is 300 g/mol. The lowest BCUT2D eigenvalue weighted by Crippen LogP contribution is -2.37. The highest BCUT2D eigenvalue weighted by molar-refractivity contribution is 6.31. The van der Waals surface area contributed by atoms with Crippen LogP contribution in [0.25, 0.3) is 0 Å². The Hall–Kier alpha value is -0.600. The van der Waals surface area contributed by atoms with Crippen LogP contribution >= 0.6 is 11.6 Å². The summed E-state index contributed by atoms with van der Waals surface area (Å²) in [6.45, 7) is 10.6. The smallest absolute Gasteiger partial charge is 0.127 e. The van der Waals surface area contributed by atoms with Crippen LogP contribution in [0.5, 0.6) is 0 Å². The van der Waals surface area contributed by atoms with Gasteiger partial charge >= 0.3 is 0 Å². The van der Waals surface area contributed by atoms with Crippen LogP contribution in [-0.4, -0.2) is 13.1 Å². The summed E-state index contributed by atoms with van der Waals surface area (Å²) < 4.78 is 14.0. The zero-order valence-corrected chi connectivity index (χ0v) is 13.9. The van der Waals surface area contributed by atoms with Crippen molar-refractivity contribution in [2.24, 2.45) is 11.3 Å². The summed E-state index contributed by atoms with van der Waals surface area (Å²) >= 11 is 6.17. The van der Waals surface area contributed by atoms with Gasteiger partial charge in [0, 0.05) is 17.1 Å². The standard InChI is InChI=1S/C17H27ClFN/c1-5-17(6-2,12-20-11-13(3)4)10-14-15(18)8-7-9-16(14)19/h7-9,13,20H,5-6,10-12H2,1-4H3. The van der Waals surface area contributed by atoms with E-state index in [1.165, 1.54) is 6.07 Å². The Morgan fingerprint density at radius 2 is 1.90 bits per heavy atom. The van der Waals surface area contributed by atoms with Crippen molar-refractivity contribution in [2.45, 2.75) is 47.0 Å². The van der Waals surface area contributed by atoms with E-state index >= 15 is 0 Å². The van der Waals surface area contributed by atoms with Gasteiger partial charge in [0.1, 0.15) is 5.82 Å². The van der Waals surface area contributed by atoms with Crippen molar-refractivity contribution in [2.75, 3.05) is 13.1 Å². The topological polar surface area (TPSA) is 12.0 Å². The van der Waals surface area contributed by atoms with E-state index in [2.05, 4.69) is 33.0 Å². The number of rotatable bonds is 8. The molecule has 1 rings (SSSR count). The van der Waals surface area contributed by atoms with Gasteiger partial charge in [-0.2, -0.15) is 0 Å². The van der Waals surface area contributed by atoms with Crippen molar-refractivity contribution in [1.29, 1.82) is 0 Å². The highest BCUT2D eigenvalue weighted by Gasteiger charge is 2.28. The molecule has 1 aromatic rings. The zero-order valence-electron chi connectivity index (χ0n) is 13.1. The third kappa shape index (κ3) is 4.75. The quantitative estimate of drug-likeness (QED) is 0.706. The van der Waals surface area contributed by atoms with Crippen LogP contribution in [0.1, 0.15) is 46.1 Å². The molecule has 1 nitrogen and oxygen atoms in total. The Kier molecular flexibility index (Phi) is 6.97. The van der Waals surface area contributed by atoms with Crippen LogP contribution in [0, 0.1) is 17.2 Å². The fourth-order valence-corrected chi connectivity index (χ4v) is 2.74. The van der Waals surface area contributed by atoms with Crippen LogP contribution in [0.4, 0.5) is 4.39 Å². The maximum atomic E-state index is 14.0. The molecule has 0 aliphatic carbocycles. The summed E-state index contributed by atoms with van der Waals surface area (Å²) in [7, 11) is 0. The molecule has 0 heterocycles. The maximum Gasteiger partial charge on any atom is 0.127 e. The van der Waals surface area contributed by atoms with E-state index in [1.54, 1.807) is 12.1 Å². The third-order valence-electron chi connectivity index (χ3n) is 4.17. The van der Waals surface area contributed by atoms with E-state index in [0.717, 1.165) is 25.9 Å². The summed E-state index contributed by atoms with van der Waals surface area (Å²) in [4.78, 5) is 0. The van der Waals surface area contributed by atoms with Gasteiger partial charge in [-0.15, -0.1) is 0 Å². The largest absolute Gasteiger partial charge is 0.316 e. The summed E-state index contributed by atoms with van der Waals surface area (Å²) in [5, 5.41) is 4.06. The van der Waals surface area contributed by atoms with Crippen molar-refractivity contribution in [1.82, 2.24) is 5.32 Å². The molecule has 3 heteroatoms. The Morgan fingerprint density at radius 1 is 1.25 bits per heavy atom. The Balaban J connectivity index is 2.85. The minimum atomic E-state index is -0.187. The minimum absolute atomic E-state index is 0.0702. The van der Waals surface area contributed by atoms with E-state index in [9.17, 15) is 4.39 Å². The molecule has 0 amide bonds. The minimum Gasteiger partial charge on any atom is -0.316 e. The highest BCUT2D eigenvalue weighted by atomic mass is 35.5. The predicted octanol–water partition coefficient (Wildman–Crippen LogP) is 5.07. The van der Waals surface area contributed by atoms with E-state index in [1.807, 2.05) is 0 Å². The van der Waals surface area contributed by atoms with Crippen LogP contribution in [0.3, 0.4) is 0 Å². The number of hydrogen-bond acceptors (Lipinski definition) is 1. The van der Waals surface area contributed by atoms with Gasteiger partial charge in [0.05, 0.1) is 0 Å². The van der Waals surface area contributed by atoms with Crippen molar-refractivity contribution in [3.8, 4) is 0 Å². The Labute approximate surface area is 127 Å². The molecule has 0 aliphatic rings. The van der Waals surface area contributed by atoms with Crippen molar-refractivity contribution >= 4 is 11.6 Å². The van der Waals surface area contributed by atoms with Crippen LogP contribution in [0.15, 0.2) is 18.2 Å². The first-order chi connectivity index (χ1) is 9.44. The average Bonchev–Trinajstić information content (AvgIpc) is 2.41. The fraction of sp³-hybridized carbons (Fsp3) is 0.647. The molecule has 0 fully saturated rings. The lowest BCUT2D eigenvalue weighted by atomic mass is 9.76. The number of nitrogens with one attached hydrogen (secondary N) is 1. The van der Waals surface area contributed by atoms with Gasteiger partial charge in [0.15, 0.2) is 0 Å². The molecule has 0 aromatic heterocycles. The monoisotopic (exact) mass is 299 g/mol. The summed E-state index contributed by atoms with van der Waals surface area (Å²) in [6.07, 6.45) is 2.72. The first-order valence-corrected chi connectivity index (χ1v) is 7.95. The van der Waals surface area contributed by atoms with Crippen LogP contribution < -0.4 is 5.32 Å². The van der Waals surface area contributed by atoms with Gasteiger partial charge in [-0.25, -0.2) is 4.39 Å². The number of halogens is 2. The first-order valence-electron chi connectivity index (χ1n) is 7.57. The van der Waals surface area contributed by atoms with Gasteiger partial charge < -0.3 is 5.32 Å². The van der Waals surface area contributed by atoms with Crippen molar-refractivity contribution in [3.05, 3.63) is 34.6 Å². The second-order valence-corrected chi connectivity index (χ2v) is 6.52. The molecule has 0 saturated heterocycles. The van der Waals surface area contributed by atoms with Crippen molar-refractivity contribution in [3.63, 3.8) is 0 Å². The number of benzene rings is 1. The SMILES string of the molecule is CCC(CC)(CNCC(C)C)Cc1c(F)cccc1Cl. The van der Waals surface area contributed by atoms with E-state index in [-0.39, 0.29) is 11.2 Å². The first kappa shape index (κ1) is 17.5. The van der Waals surface area contributed by atoms with E-state index in [4.69, 9.17) is 11.6 Å². The summed E-state index contributed by atoms with van der Waals surface area (Å²) in [6, 6.07) is 4.94. The lowest BCUT2D eigenvalue weighted by Gasteiger charge is -2.33. The molecule has 1 N–H and O–H groups in total. The Morgan fingerprint density at radius 3 is 2.40 bits per heavy atom. The molecule has 0 bridgehead atoms. The molecule has 20 heavy (non-hydrogen) atoms. The molecule has 114 valence electrons. The lowest BCUT2D eigenvalue weighted by molar-refractivity contribution is 0.240. The molecular weight excluding hydrogens is 273 g/mol. The maximum absolute atomic E-state index is 14.0. The van der Waals surface area contributed by atoms with Gasteiger partial charge in [-0.1, -0.05) is 45.4 Å². The number of hydrogen-bond donors (Lipinski definition) is 1. The second kappa shape index (κ2) is 7.99. The summed E-state index contributed by atoms with van der Waals surface area (Å²) in [5.74, 6) is 0.436. The van der Waals surface area contributed by atoms with Crippen LogP contribution in [0.2, 0.25) is 5.02 Å². The fourth-order valence-electron chi connectivity index (χ4n) is 2.51. The van der Waals surface area contributed by atoms with Crippen molar-refractivity contribution < 1.29 is 4.39 Å². The molecule has 0 spiro atoms. The molecule has 0 saturated carbocycles. The second-order valence-electron chi connectivity index (χ2n) is 6.11. The molecular formula is C17H27ClFN. The molecule has 0 atom stereocenters. The van der Waals surface area contributed by atoms with Gasteiger partial charge in [0.25, 0.3) is 0 Å². The summed E-state index contributed by atoms with van der Waals surface area (Å²) in [5.41, 5.74) is 0.727. The van der Waals surface area contributed by atoms with Gasteiger partial charge in [-0.05, 0) is 49.3 Å². The van der Waals surface area contributed by atoms with E-state index < -0.39 is 0 Å². The normalized spacial score (nSPS) is 12.2. The van der Waals surface area contributed by atoms with Gasteiger partial charge in [0.2, 0.25) is 0 Å². The van der Waals surface area contributed by atoms with E-state index in [0.29, 0.717) is 22.9 Å². The van der Waals surface area contributed by atoms with Crippen LogP contribution in [-0.2, 0) is 6.42 Å². The zero-order chi connectivity index (χ0) is 15.2. The highest BCUT2D eigenvalue weighted by Crippen LogP contribution is 2.34.